The van der Waals surface area contributed by atoms with Crippen LogP contribution in [0.3, 0.4) is 0 Å². The second-order valence-electron chi connectivity index (χ2n) is 6.65. The number of fused-ring (bicyclic) bond motifs is 3. The summed E-state index contributed by atoms with van der Waals surface area (Å²) in [5.41, 5.74) is 1.49. The second-order valence-corrected chi connectivity index (χ2v) is 6.65. The van der Waals surface area contributed by atoms with Crippen molar-refractivity contribution < 1.29 is 0 Å². The molecule has 21 heavy (non-hydrogen) atoms. The van der Waals surface area contributed by atoms with Crippen LogP contribution in [0, 0.1) is 0 Å². The van der Waals surface area contributed by atoms with Gasteiger partial charge < -0.3 is 5.32 Å². The average molecular weight is 280 g/mol. The lowest BCUT2D eigenvalue weighted by molar-refractivity contribution is 0.112. The molecule has 2 fully saturated rings. The fourth-order valence-electron chi connectivity index (χ4n) is 4.40. The zero-order chi connectivity index (χ0) is 14.2. The predicted octanol–water partition coefficient (Wildman–Crippen LogP) is 3.55. The summed E-state index contributed by atoms with van der Waals surface area (Å²) >= 11 is 0. The molecule has 2 aliphatic heterocycles. The quantitative estimate of drug-likeness (QED) is 0.925. The Balaban J connectivity index is 1.61. The molecule has 0 radical (unpaired) electrons. The van der Waals surface area contributed by atoms with Crippen LogP contribution in [0.25, 0.3) is 10.8 Å². The molecule has 0 amide bonds. The van der Waals surface area contributed by atoms with Crippen LogP contribution in [0.15, 0.2) is 42.5 Å². The zero-order valence-electron chi connectivity index (χ0n) is 12.8. The molecular weight excluding hydrogens is 256 g/mol. The lowest BCUT2D eigenvalue weighted by Crippen LogP contribution is -2.47. The van der Waals surface area contributed by atoms with Gasteiger partial charge in [-0.3, -0.25) is 4.90 Å². The number of nitrogens with one attached hydrogen (secondary N) is 1. The van der Waals surface area contributed by atoms with E-state index >= 15 is 0 Å². The van der Waals surface area contributed by atoms with E-state index in [1.807, 2.05) is 0 Å². The molecular formula is C19H24N2. The highest BCUT2D eigenvalue weighted by molar-refractivity contribution is 5.85. The first-order chi connectivity index (χ1) is 10.3. The molecule has 2 aromatic rings. The minimum atomic E-state index is 0.728. The van der Waals surface area contributed by atoms with Gasteiger partial charge in [0.2, 0.25) is 0 Å². The van der Waals surface area contributed by atoms with Crippen LogP contribution >= 0.6 is 0 Å². The molecule has 0 saturated carbocycles. The Morgan fingerprint density at radius 2 is 1.71 bits per heavy atom. The highest BCUT2D eigenvalue weighted by Gasteiger charge is 2.40. The first-order valence-electron chi connectivity index (χ1n) is 8.25. The molecule has 2 heteroatoms. The maximum Gasteiger partial charge on any atom is 0.0245 e. The summed E-state index contributed by atoms with van der Waals surface area (Å²) < 4.78 is 0. The van der Waals surface area contributed by atoms with E-state index in [2.05, 4.69) is 59.7 Å². The standard InChI is InChI=1S/C19H24N2/c1-20-16-11-17-9-10-18(12-16)21(17)13-15-7-4-6-14-5-2-3-8-19(14)15/h2-8,16-18,20H,9-13H2,1H3. The van der Waals surface area contributed by atoms with Gasteiger partial charge in [0.1, 0.15) is 0 Å². The Kier molecular flexibility index (Phi) is 3.44. The van der Waals surface area contributed by atoms with Crippen LogP contribution in [0.4, 0.5) is 0 Å². The van der Waals surface area contributed by atoms with Crippen molar-refractivity contribution in [2.45, 2.75) is 50.4 Å². The highest BCUT2D eigenvalue weighted by Crippen LogP contribution is 2.37. The van der Waals surface area contributed by atoms with Gasteiger partial charge in [-0.1, -0.05) is 42.5 Å². The third-order valence-electron chi connectivity index (χ3n) is 5.53. The van der Waals surface area contributed by atoms with Crippen molar-refractivity contribution in [1.82, 2.24) is 10.2 Å². The van der Waals surface area contributed by atoms with Crippen LogP contribution in [-0.4, -0.2) is 30.1 Å². The lowest BCUT2D eigenvalue weighted by Gasteiger charge is -2.39. The molecule has 4 rings (SSSR count). The summed E-state index contributed by atoms with van der Waals surface area (Å²) in [6, 6.07) is 17.8. The SMILES string of the molecule is CNC1CC2CCC(C1)N2Cc1cccc2ccccc12. The molecule has 2 atom stereocenters. The van der Waals surface area contributed by atoms with Gasteiger partial charge in [0, 0.05) is 24.7 Å². The lowest BCUT2D eigenvalue weighted by atomic mass is 9.96. The highest BCUT2D eigenvalue weighted by atomic mass is 15.2. The van der Waals surface area contributed by atoms with Crippen molar-refractivity contribution in [3.8, 4) is 0 Å². The monoisotopic (exact) mass is 280 g/mol. The normalized spacial score (nSPS) is 29.1. The number of benzene rings is 2. The molecule has 2 aromatic carbocycles. The van der Waals surface area contributed by atoms with E-state index in [0.717, 1.165) is 24.7 Å². The predicted molar refractivity (Wildman–Crippen MR) is 88.4 cm³/mol. The van der Waals surface area contributed by atoms with E-state index in [-0.39, 0.29) is 0 Å². The molecule has 2 unspecified atom stereocenters. The number of piperidine rings is 1. The van der Waals surface area contributed by atoms with Gasteiger partial charge in [-0.05, 0) is 49.1 Å². The van der Waals surface area contributed by atoms with E-state index in [9.17, 15) is 0 Å². The molecule has 0 aliphatic carbocycles. The van der Waals surface area contributed by atoms with Crippen molar-refractivity contribution in [2.24, 2.45) is 0 Å². The van der Waals surface area contributed by atoms with Gasteiger partial charge in [0.05, 0.1) is 0 Å². The van der Waals surface area contributed by atoms with Crippen molar-refractivity contribution >= 4 is 10.8 Å². The van der Waals surface area contributed by atoms with E-state index in [1.54, 1.807) is 0 Å². The molecule has 0 spiro atoms. The first-order valence-corrected chi connectivity index (χ1v) is 8.25. The topological polar surface area (TPSA) is 15.3 Å². The minimum absolute atomic E-state index is 0.728. The second kappa shape index (κ2) is 5.43. The summed E-state index contributed by atoms with van der Waals surface area (Å²) in [6.45, 7) is 1.12. The van der Waals surface area contributed by atoms with Gasteiger partial charge in [-0.15, -0.1) is 0 Å². The average Bonchev–Trinajstić information content (AvgIpc) is 2.77. The van der Waals surface area contributed by atoms with Crippen LogP contribution in [-0.2, 0) is 6.54 Å². The van der Waals surface area contributed by atoms with E-state index in [1.165, 1.54) is 42.0 Å². The fraction of sp³-hybridized carbons (Fsp3) is 0.474. The Labute approximate surface area is 127 Å². The Morgan fingerprint density at radius 3 is 2.48 bits per heavy atom. The van der Waals surface area contributed by atoms with Gasteiger partial charge in [-0.2, -0.15) is 0 Å². The van der Waals surface area contributed by atoms with Crippen molar-refractivity contribution in [1.29, 1.82) is 0 Å². The summed E-state index contributed by atoms with van der Waals surface area (Å²) in [4.78, 5) is 2.77. The van der Waals surface area contributed by atoms with Gasteiger partial charge in [0.25, 0.3) is 0 Å². The summed E-state index contributed by atoms with van der Waals surface area (Å²) in [5, 5.41) is 6.29. The maximum atomic E-state index is 3.49. The number of nitrogens with zero attached hydrogens (tertiary/aromatic N) is 1. The summed E-state index contributed by atoms with van der Waals surface area (Å²) in [5.74, 6) is 0. The van der Waals surface area contributed by atoms with E-state index < -0.39 is 0 Å². The summed E-state index contributed by atoms with van der Waals surface area (Å²) in [7, 11) is 2.12. The molecule has 2 saturated heterocycles. The number of hydrogen-bond donors (Lipinski definition) is 1. The van der Waals surface area contributed by atoms with Crippen LogP contribution in [0.1, 0.15) is 31.2 Å². The van der Waals surface area contributed by atoms with Crippen molar-refractivity contribution in [2.75, 3.05) is 7.05 Å². The number of rotatable bonds is 3. The summed E-state index contributed by atoms with van der Waals surface area (Å²) in [6.07, 6.45) is 5.40. The van der Waals surface area contributed by atoms with Crippen molar-refractivity contribution in [3.63, 3.8) is 0 Å². The third kappa shape index (κ3) is 2.37. The fourth-order valence-corrected chi connectivity index (χ4v) is 4.40. The Hall–Kier alpha value is -1.38. The number of hydrogen-bond acceptors (Lipinski definition) is 2. The largest absolute Gasteiger partial charge is 0.317 e. The molecule has 0 aromatic heterocycles. The van der Waals surface area contributed by atoms with Crippen LogP contribution < -0.4 is 5.32 Å². The van der Waals surface area contributed by atoms with Gasteiger partial charge in [-0.25, -0.2) is 0 Å². The van der Waals surface area contributed by atoms with E-state index in [4.69, 9.17) is 0 Å². The molecule has 2 bridgehead atoms. The molecule has 2 heterocycles. The minimum Gasteiger partial charge on any atom is -0.317 e. The zero-order valence-corrected chi connectivity index (χ0v) is 12.8. The van der Waals surface area contributed by atoms with Crippen LogP contribution in [0.5, 0.6) is 0 Å². The molecule has 1 N–H and O–H groups in total. The first kappa shape index (κ1) is 13.3. The maximum absolute atomic E-state index is 3.49. The molecule has 110 valence electrons. The molecule has 2 nitrogen and oxygen atoms in total. The van der Waals surface area contributed by atoms with Gasteiger partial charge >= 0.3 is 0 Å². The van der Waals surface area contributed by atoms with Crippen molar-refractivity contribution in [3.05, 3.63) is 48.0 Å². The third-order valence-corrected chi connectivity index (χ3v) is 5.53. The van der Waals surface area contributed by atoms with E-state index in [0.29, 0.717) is 0 Å². The Bertz CT molecular complexity index is 617. The smallest absolute Gasteiger partial charge is 0.0245 e. The Morgan fingerprint density at radius 1 is 1.00 bits per heavy atom. The molecule has 2 aliphatic rings. The van der Waals surface area contributed by atoms with Crippen LogP contribution in [0.2, 0.25) is 0 Å². The van der Waals surface area contributed by atoms with Gasteiger partial charge in [0.15, 0.2) is 0 Å².